The molecule has 2 atom stereocenters. The number of fused-ring (bicyclic) bond motifs is 5. The van der Waals surface area contributed by atoms with E-state index in [9.17, 15) is 5.11 Å². The number of methoxy groups -OCH3 is 1. The number of aliphatic hydroxyl groups is 1. The zero-order valence-corrected chi connectivity index (χ0v) is 17.7. The van der Waals surface area contributed by atoms with E-state index in [2.05, 4.69) is 65.5 Å². The maximum Gasteiger partial charge on any atom is 0.107 e. The molecule has 0 bridgehead atoms. The highest BCUT2D eigenvalue weighted by molar-refractivity contribution is 9.10. The third kappa shape index (κ3) is 2.67. The average Bonchev–Trinajstić information content (AvgIpc) is 3.00. The van der Waals surface area contributed by atoms with E-state index in [1.165, 1.54) is 22.2 Å². The van der Waals surface area contributed by atoms with Crippen LogP contribution in [0.15, 0.2) is 41.0 Å². The number of aliphatic hydroxyl groups excluding tert-OH is 1. The van der Waals surface area contributed by atoms with Gasteiger partial charge in [-0.3, -0.25) is 4.98 Å². The molecule has 0 spiro atoms. The summed E-state index contributed by atoms with van der Waals surface area (Å²) in [4.78, 5) is 4.70. The van der Waals surface area contributed by atoms with Crippen LogP contribution < -0.4 is 0 Å². The van der Waals surface area contributed by atoms with Gasteiger partial charge in [0.05, 0.1) is 11.4 Å². The molecule has 1 aromatic carbocycles. The minimum absolute atomic E-state index is 0.00509. The summed E-state index contributed by atoms with van der Waals surface area (Å²) < 4.78 is 9.42. The normalized spacial score (nSPS) is 19.2. The molecule has 2 unspecified atom stereocenters. The van der Waals surface area contributed by atoms with Crippen molar-refractivity contribution in [3.63, 3.8) is 0 Å². The first-order valence-electron chi connectivity index (χ1n) is 9.35. The number of hydrogen-bond donors (Lipinski definition) is 1. The van der Waals surface area contributed by atoms with Crippen LogP contribution in [0.1, 0.15) is 44.1 Å². The maximum absolute atomic E-state index is 10.2. The van der Waals surface area contributed by atoms with E-state index in [1.807, 2.05) is 12.3 Å². The summed E-state index contributed by atoms with van der Waals surface area (Å²) in [5, 5.41) is 11.4. The number of pyridine rings is 1. The number of halogens is 1. The molecule has 0 saturated carbocycles. The molecule has 4 rings (SSSR count). The van der Waals surface area contributed by atoms with E-state index < -0.39 is 0 Å². The molecule has 0 aliphatic heterocycles. The van der Waals surface area contributed by atoms with Gasteiger partial charge in [-0.25, -0.2) is 0 Å². The summed E-state index contributed by atoms with van der Waals surface area (Å²) >= 11 is 3.64. The van der Waals surface area contributed by atoms with E-state index in [4.69, 9.17) is 9.72 Å². The molecule has 142 valence electrons. The second-order valence-electron chi connectivity index (χ2n) is 7.88. The van der Waals surface area contributed by atoms with Crippen LogP contribution in [0.3, 0.4) is 0 Å². The Bertz CT molecular complexity index is 1010. The molecule has 3 aromatic rings. The van der Waals surface area contributed by atoms with Gasteiger partial charge in [-0.1, -0.05) is 29.8 Å². The number of ether oxygens (including phenoxy) is 1. The highest BCUT2D eigenvalue weighted by Gasteiger charge is 2.46. The van der Waals surface area contributed by atoms with Crippen molar-refractivity contribution in [2.45, 2.75) is 39.3 Å². The van der Waals surface area contributed by atoms with Gasteiger partial charge in [-0.2, -0.15) is 0 Å². The van der Waals surface area contributed by atoms with Gasteiger partial charge >= 0.3 is 0 Å². The first kappa shape index (κ1) is 18.7. The van der Waals surface area contributed by atoms with Gasteiger partial charge in [0.2, 0.25) is 0 Å². The van der Waals surface area contributed by atoms with Gasteiger partial charge in [-0.05, 0) is 48.2 Å². The van der Waals surface area contributed by atoms with Gasteiger partial charge < -0.3 is 14.4 Å². The second-order valence-corrected chi connectivity index (χ2v) is 8.80. The fraction of sp³-hybridized carbons (Fsp3) is 0.409. The molecule has 0 fully saturated rings. The topological polar surface area (TPSA) is 47.3 Å². The van der Waals surface area contributed by atoms with E-state index in [0.717, 1.165) is 22.3 Å². The summed E-state index contributed by atoms with van der Waals surface area (Å²) in [5.41, 5.74) is 5.37. The molecule has 1 N–H and O–H groups in total. The van der Waals surface area contributed by atoms with Gasteiger partial charge in [0.1, 0.15) is 6.10 Å². The minimum Gasteiger partial charge on any atom is -0.396 e. The van der Waals surface area contributed by atoms with Gasteiger partial charge in [-0.15, -0.1) is 0 Å². The molecule has 0 radical (unpaired) electrons. The molecule has 4 nitrogen and oxygen atoms in total. The highest BCUT2D eigenvalue weighted by Crippen LogP contribution is 2.56. The fourth-order valence-electron chi connectivity index (χ4n) is 4.59. The molecule has 0 amide bonds. The van der Waals surface area contributed by atoms with E-state index >= 15 is 0 Å². The molecule has 27 heavy (non-hydrogen) atoms. The third-order valence-corrected chi connectivity index (χ3v) is 6.35. The van der Waals surface area contributed by atoms with Crippen molar-refractivity contribution in [1.82, 2.24) is 9.55 Å². The monoisotopic (exact) mass is 428 g/mol. The van der Waals surface area contributed by atoms with Crippen molar-refractivity contribution in [2.75, 3.05) is 13.7 Å². The number of nitrogens with zero attached hydrogens (tertiary/aromatic N) is 2. The Balaban J connectivity index is 2.18. The summed E-state index contributed by atoms with van der Waals surface area (Å²) in [6, 6.07) is 10.6. The Morgan fingerprint density at radius 2 is 2.07 bits per heavy atom. The Morgan fingerprint density at radius 3 is 2.74 bits per heavy atom. The van der Waals surface area contributed by atoms with Crippen LogP contribution in [0.2, 0.25) is 0 Å². The van der Waals surface area contributed by atoms with Crippen molar-refractivity contribution in [3.05, 3.63) is 52.3 Å². The lowest BCUT2D eigenvalue weighted by molar-refractivity contribution is 0.00950. The smallest absolute Gasteiger partial charge is 0.107 e. The Kier molecular flexibility index (Phi) is 4.65. The number of rotatable bonds is 4. The van der Waals surface area contributed by atoms with Crippen LogP contribution in [0.5, 0.6) is 0 Å². The van der Waals surface area contributed by atoms with E-state index in [0.29, 0.717) is 0 Å². The zero-order chi connectivity index (χ0) is 19.3. The lowest BCUT2D eigenvalue weighted by Gasteiger charge is -2.41. The summed E-state index contributed by atoms with van der Waals surface area (Å²) in [5.74, 6) is -0.00509. The minimum atomic E-state index is -0.361. The van der Waals surface area contributed by atoms with Crippen LogP contribution in [-0.4, -0.2) is 28.4 Å². The summed E-state index contributed by atoms with van der Waals surface area (Å²) in [7, 11) is 1.74. The lowest BCUT2D eigenvalue weighted by atomic mass is 9.67. The third-order valence-electron chi connectivity index (χ3n) is 5.86. The molecule has 1 aliphatic rings. The molecule has 5 heteroatoms. The number of hydrogen-bond acceptors (Lipinski definition) is 3. The van der Waals surface area contributed by atoms with Gasteiger partial charge in [0.15, 0.2) is 0 Å². The van der Waals surface area contributed by atoms with E-state index in [-0.39, 0.29) is 24.0 Å². The van der Waals surface area contributed by atoms with Crippen molar-refractivity contribution >= 4 is 26.8 Å². The first-order valence-corrected chi connectivity index (χ1v) is 10.1. The number of aromatic nitrogens is 2. The Labute approximate surface area is 168 Å². The van der Waals surface area contributed by atoms with Crippen LogP contribution in [0.25, 0.3) is 22.2 Å². The summed E-state index contributed by atoms with van der Waals surface area (Å²) in [6.07, 6.45) is 1.62. The van der Waals surface area contributed by atoms with Crippen LogP contribution in [0, 0.1) is 5.41 Å². The fourth-order valence-corrected chi connectivity index (χ4v) is 4.95. The molecule has 1 aliphatic carbocycles. The predicted octanol–water partition coefficient (Wildman–Crippen LogP) is 5.29. The molecular formula is C22H25BrN2O2. The zero-order valence-electron chi connectivity index (χ0n) is 16.2. The van der Waals surface area contributed by atoms with Crippen LogP contribution in [0.4, 0.5) is 0 Å². The Hall–Kier alpha value is -1.69. The van der Waals surface area contributed by atoms with Crippen molar-refractivity contribution in [3.8, 4) is 11.3 Å². The van der Waals surface area contributed by atoms with Crippen molar-refractivity contribution < 1.29 is 9.84 Å². The second kappa shape index (κ2) is 6.73. The van der Waals surface area contributed by atoms with Gasteiger partial charge in [0, 0.05) is 53.3 Å². The SMILES string of the molecule is CCn1c2c(c3cc(Br)ccc31)C(C(C)(C)CO)C(OC)c1ncccc1-2. The molecular weight excluding hydrogens is 404 g/mol. The largest absolute Gasteiger partial charge is 0.396 e. The highest BCUT2D eigenvalue weighted by atomic mass is 79.9. The van der Waals surface area contributed by atoms with Crippen molar-refractivity contribution in [1.29, 1.82) is 0 Å². The quantitative estimate of drug-likeness (QED) is 0.613. The predicted molar refractivity (Wildman–Crippen MR) is 112 cm³/mol. The van der Waals surface area contributed by atoms with Crippen LogP contribution >= 0.6 is 15.9 Å². The number of aryl methyl sites for hydroxylation is 1. The maximum atomic E-state index is 10.2. The molecule has 2 aromatic heterocycles. The van der Waals surface area contributed by atoms with E-state index in [1.54, 1.807) is 7.11 Å². The molecule has 2 heterocycles. The standard InChI is InChI=1S/C22H25BrN2O2/c1-5-25-16-9-8-13(23)11-15(16)17-18(22(2,3)12-26)21(27-4)19-14(20(17)25)7-6-10-24-19/h6-11,18,21,26H,5,12H2,1-4H3. The molecule has 0 saturated heterocycles. The average molecular weight is 429 g/mol. The van der Waals surface area contributed by atoms with Crippen molar-refractivity contribution in [2.24, 2.45) is 5.41 Å². The first-order chi connectivity index (χ1) is 12.9. The Morgan fingerprint density at radius 1 is 1.30 bits per heavy atom. The summed E-state index contributed by atoms with van der Waals surface area (Å²) in [6.45, 7) is 7.33. The van der Waals surface area contributed by atoms with Crippen LogP contribution in [-0.2, 0) is 11.3 Å². The number of benzene rings is 1. The van der Waals surface area contributed by atoms with Gasteiger partial charge in [0.25, 0.3) is 0 Å². The lowest BCUT2D eigenvalue weighted by Crippen LogP contribution is -2.34.